The van der Waals surface area contributed by atoms with Gasteiger partial charge in [0.05, 0.1) is 11.9 Å². The number of rotatable bonds is 7. The molecule has 0 aliphatic heterocycles. The van der Waals surface area contributed by atoms with Gasteiger partial charge in [0.15, 0.2) is 0 Å². The molecule has 1 rings (SSSR count). The number of nitrogens with one attached hydrogen (secondary N) is 2. The summed E-state index contributed by atoms with van der Waals surface area (Å²) in [5.74, 6) is 0.133. The molecule has 0 saturated heterocycles. The second-order valence-corrected chi connectivity index (χ2v) is 6.36. The molecule has 0 radical (unpaired) electrons. The normalized spacial score (nSPS) is 26.0. The van der Waals surface area contributed by atoms with Gasteiger partial charge in [-0.05, 0) is 12.8 Å². The standard InChI is InChI=1S/C11H24N2O3S/c1-3-13-17(14,15)9-8-12-10-6-4-5-7-11(10)16-2/h10-13H,3-9H2,1-2H3. The fraction of sp³-hybridized carbons (Fsp3) is 1.00. The zero-order chi connectivity index (χ0) is 12.7. The number of sulfonamides is 1. The van der Waals surface area contributed by atoms with E-state index in [1.165, 1.54) is 12.8 Å². The molecule has 1 saturated carbocycles. The Morgan fingerprint density at radius 3 is 2.65 bits per heavy atom. The van der Waals surface area contributed by atoms with E-state index < -0.39 is 10.0 Å². The summed E-state index contributed by atoms with van der Waals surface area (Å²) in [5, 5.41) is 3.29. The molecule has 17 heavy (non-hydrogen) atoms. The van der Waals surface area contributed by atoms with Crippen molar-refractivity contribution in [2.45, 2.75) is 44.8 Å². The fourth-order valence-electron chi connectivity index (χ4n) is 2.28. The number of ether oxygens (including phenoxy) is 1. The lowest BCUT2D eigenvalue weighted by Crippen LogP contribution is -2.45. The summed E-state index contributed by atoms with van der Waals surface area (Å²) in [5.41, 5.74) is 0. The zero-order valence-electron chi connectivity index (χ0n) is 10.7. The third-order valence-corrected chi connectivity index (χ3v) is 4.62. The summed E-state index contributed by atoms with van der Waals surface area (Å²) in [4.78, 5) is 0. The molecule has 2 N–H and O–H groups in total. The highest BCUT2D eigenvalue weighted by Gasteiger charge is 2.24. The molecule has 0 aromatic heterocycles. The van der Waals surface area contributed by atoms with Crippen molar-refractivity contribution < 1.29 is 13.2 Å². The smallest absolute Gasteiger partial charge is 0.212 e. The molecule has 0 aromatic rings. The lowest BCUT2D eigenvalue weighted by molar-refractivity contribution is 0.0426. The van der Waals surface area contributed by atoms with Crippen LogP contribution in [0.5, 0.6) is 0 Å². The predicted octanol–water partition coefficient (Wildman–Crippen LogP) is 0.473. The van der Waals surface area contributed by atoms with Crippen molar-refractivity contribution in [2.24, 2.45) is 0 Å². The van der Waals surface area contributed by atoms with Gasteiger partial charge < -0.3 is 10.1 Å². The highest BCUT2D eigenvalue weighted by Crippen LogP contribution is 2.20. The Bertz CT molecular complexity index is 306. The molecule has 102 valence electrons. The maximum atomic E-state index is 11.4. The summed E-state index contributed by atoms with van der Waals surface area (Å²) in [6, 6.07) is 0.297. The van der Waals surface area contributed by atoms with Crippen LogP contribution in [0.2, 0.25) is 0 Å². The molecule has 5 nitrogen and oxygen atoms in total. The van der Waals surface area contributed by atoms with Crippen LogP contribution in [-0.4, -0.2) is 46.5 Å². The van der Waals surface area contributed by atoms with Crippen LogP contribution in [0.15, 0.2) is 0 Å². The topological polar surface area (TPSA) is 67.4 Å². The maximum absolute atomic E-state index is 11.4. The van der Waals surface area contributed by atoms with Crippen LogP contribution in [0.25, 0.3) is 0 Å². The molecule has 0 bridgehead atoms. The zero-order valence-corrected chi connectivity index (χ0v) is 11.6. The van der Waals surface area contributed by atoms with E-state index in [4.69, 9.17) is 4.74 Å². The number of methoxy groups -OCH3 is 1. The Hall–Kier alpha value is -0.170. The minimum Gasteiger partial charge on any atom is -0.380 e. The van der Waals surface area contributed by atoms with Crippen LogP contribution in [0, 0.1) is 0 Å². The lowest BCUT2D eigenvalue weighted by atomic mass is 9.92. The van der Waals surface area contributed by atoms with Gasteiger partial charge in [-0.3, -0.25) is 0 Å². The van der Waals surface area contributed by atoms with Gasteiger partial charge in [-0.15, -0.1) is 0 Å². The maximum Gasteiger partial charge on any atom is 0.212 e. The number of hydrogen-bond donors (Lipinski definition) is 2. The van der Waals surface area contributed by atoms with E-state index in [1.54, 1.807) is 14.0 Å². The molecule has 1 aliphatic carbocycles. The quantitative estimate of drug-likeness (QED) is 0.701. The molecule has 0 spiro atoms. The largest absolute Gasteiger partial charge is 0.380 e. The molecular weight excluding hydrogens is 240 g/mol. The van der Waals surface area contributed by atoms with Gasteiger partial charge in [-0.1, -0.05) is 19.8 Å². The van der Waals surface area contributed by atoms with E-state index in [0.29, 0.717) is 19.1 Å². The second kappa shape index (κ2) is 7.31. The molecule has 0 amide bonds. The van der Waals surface area contributed by atoms with Gasteiger partial charge in [0.25, 0.3) is 0 Å². The first-order chi connectivity index (χ1) is 8.09. The van der Waals surface area contributed by atoms with Gasteiger partial charge in [-0.25, -0.2) is 13.1 Å². The van der Waals surface area contributed by atoms with Crippen molar-refractivity contribution in [1.82, 2.24) is 10.0 Å². The van der Waals surface area contributed by atoms with E-state index in [9.17, 15) is 8.42 Å². The third kappa shape index (κ3) is 5.33. The van der Waals surface area contributed by atoms with Crippen LogP contribution >= 0.6 is 0 Å². The first-order valence-electron chi connectivity index (χ1n) is 6.32. The van der Waals surface area contributed by atoms with Gasteiger partial charge in [0, 0.05) is 26.2 Å². The SMILES string of the molecule is CCNS(=O)(=O)CCNC1CCCCC1OC. The Morgan fingerprint density at radius 1 is 1.29 bits per heavy atom. The van der Waals surface area contributed by atoms with Crippen molar-refractivity contribution in [3.63, 3.8) is 0 Å². The third-order valence-electron chi connectivity index (χ3n) is 3.15. The summed E-state index contributed by atoms with van der Waals surface area (Å²) in [6.07, 6.45) is 4.75. The lowest BCUT2D eigenvalue weighted by Gasteiger charge is -2.31. The molecule has 6 heteroatoms. The van der Waals surface area contributed by atoms with Crippen molar-refractivity contribution in [1.29, 1.82) is 0 Å². The van der Waals surface area contributed by atoms with Gasteiger partial charge in [0.1, 0.15) is 0 Å². The highest BCUT2D eigenvalue weighted by atomic mass is 32.2. The summed E-state index contributed by atoms with van der Waals surface area (Å²) in [7, 11) is -1.39. The monoisotopic (exact) mass is 264 g/mol. The van der Waals surface area contributed by atoms with E-state index >= 15 is 0 Å². The Kier molecular flexibility index (Phi) is 6.40. The van der Waals surface area contributed by atoms with E-state index in [2.05, 4.69) is 10.0 Å². The van der Waals surface area contributed by atoms with Crippen LogP contribution in [-0.2, 0) is 14.8 Å². The first-order valence-corrected chi connectivity index (χ1v) is 7.98. The average molecular weight is 264 g/mol. The molecule has 2 unspecified atom stereocenters. The molecular formula is C11H24N2O3S. The first kappa shape index (κ1) is 14.9. The van der Waals surface area contributed by atoms with Crippen LogP contribution in [0.3, 0.4) is 0 Å². The Balaban J connectivity index is 2.29. The van der Waals surface area contributed by atoms with E-state index in [1.807, 2.05) is 0 Å². The summed E-state index contributed by atoms with van der Waals surface area (Å²) >= 11 is 0. The van der Waals surface area contributed by atoms with Crippen molar-refractivity contribution in [3.05, 3.63) is 0 Å². The minimum atomic E-state index is -3.11. The van der Waals surface area contributed by atoms with Crippen LogP contribution < -0.4 is 10.0 Å². The predicted molar refractivity (Wildman–Crippen MR) is 68.5 cm³/mol. The summed E-state index contributed by atoms with van der Waals surface area (Å²) in [6.45, 7) is 2.72. The Morgan fingerprint density at radius 2 is 2.00 bits per heavy atom. The average Bonchev–Trinajstić information content (AvgIpc) is 2.29. The molecule has 0 heterocycles. The van der Waals surface area contributed by atoms with E-state index in [-0.39, 0.29) is 11.9 Å². The Labute approximate surface area is 104 Å². The molecule has 1 aliphatic rings. The van der Waals surface area contributed by atoms with Crippen molar-refractivity contribution >= 4 is 10.0 Å². The van der Waals surface area contributed by atoms with Crippen molar-refractivity contribution in [3.8, 4) is 0 Å². The molecule has 0 aromatic carbocycles. The molecule has 1 fully saturated rings. The highest BCUT2D eigenvalue weighted by molar-refractivity contribution is 7.89. The van der Waals surface area contributed by atoms with Crippen LogP contribution in [0.1, 0.15) is 32.6 Å². The van der Waals surface area contributed by atoms with Gasteiger partial charge in [-0.2, -0.15) is 0 Å². The van der Waals surface area contributed by atoms with E-state index in [0.717, 1.165) is 12.8 Å². The van der Waals surface area contributed by atoms with Gasteiger partial charge in [0.2, 0.25) is 10.0 Å². The van der Waals surface area contributed by atoms with Crippen LogP contribution in [0.4, 0.5) is 0 Å². The fourth-order valence-corrected chi connectivity index (χ4v) is 3.25. The second-order valence-electron chi connectivity index (χ2n) is 4.44. The molecule has 2 atom stereocenters. The number of hydrogen-bond acceptors (Lipinski definition) is 4. The summed E-state index contributed by atoms with van der Waals surface area (Å²) < 4.78 is 30.8. The minimum absolute atomic E-state index is 0.133. The van der Waals surface area contributed by atoms with Crippen molar-refractivity contribution in [2.75, 3.05) is 26.0 Å². The van der Waals surface area contributed by atoms with Gasteiger partial charge >= 0.3 is 0 Å².